The van der Waals surface area contributed by atoms with Crippen LogP contribution in [0.3, 0.4) is 0 Å². The molecule has 0 saturated heterocycles. The smallest absolute Gasteiger partial charge is 0.148 e. The van der Waals surface area contributed by atoms with Crippen molar-refractivity contribution in [2.24, 2.45) is 0 Å². The third-order valence-corrected chi connectivity index (χ3v) is 11.9. The number of aryl methyl sites for hydroxylation is 1. The van der Waals surface area contributed by atoms with E-state index in [4.69, 9.17) is 26.4 Å². The first-order valence-corrected chi connectivity index (χ1v) is 21.8. The monoisotopic (exact) mass is 1050 g/mol. The summed E-state index contributed by atoms with van der Waals surface area (Å²) in [6.45, 7) is 15.0. The Morgan fingerprint density at radius 1 is 0.692 bits per heavy atom. The Balaban J connectivity index is 0.00000882. The quantitative estimate of drug-likeness (QED) is 0.139. The predicted molar refractivity (Wildman–Crippen MR) is 271 cm³/mol. The van der Waals surface area contributed by atoms with Crippen LogP contribution >= 0.6 is 0 Å². The van der Waals surface area contributed by atoms with Gasteiger partial charge in [0.15, 0.2) is 0 Å². The fraction of sp³-hybridized carbons (Fsp3) is 0.300. The minimum absolute atomic E-state index is 0. The number of pyridine rings is 1. The summed E-state index contributed by atoms with van der Waals surface area (Å²) in [4.78, 5) is 10.1. The number of para-hydroxylation sites is 1. The van der Waals surface area contributed by atoms with Crippen LogP contribution in [-0.4, -0.2) is 19.6 Å². The number of nitrogens with zero attached hydrogens (tertiary/aromatic N) is 3. The number of hydrogen-bond acceptors (Lipinski definition) is 3. The predicted octanol–water partition coefficient (Wildman–Crippen LogP) is 16.7. The molecule has 2 heterocycles. The van der Waals surface area contributed by atoms with Gasteiger partial charge in [0.25, 0.3) is 0 Å². The summed E-state index contributed by atoms with van der Waals surface area (Å²) in [6.07, 6.45) is 1.48. The molecule has 1 N–H and O–H groups in total. The van der Waals surface area contributed by atoms with E-state index in [1.54, 1.807) is 68.7 Å². The summed E-state index contributed by atoms with van der Waals surface area (Å²) in [5.41, 5.74) is 7.06. The van der Waals surface area contributed by atoms with Gasteiger partial charge in [0.2, 0.25) is 0 Å². The molecule has 6 aromatic carbocycles. The van der Waals surface area contributed by atoms with Gasteiger partial charge >= 0.3 is 0 Å². The zero-order valence-electron chi connectivity index (χ0n) is 51.9. The van der Waals surface area contributed by atoms with Crippen molar-refractivity contribution in [1.82, 2.24) is 14.5 Å². The Hall–Kier alpha value is -5.57. The number of rotatable bonds is 10. The molecule has 0 aliphatic rings. The maximum Gasteiger partial charge on any atom is 0.148 e. The van der Waals surface area contributed by atoms with E-state index in [0.717, 1.165) is 22.3 Å². The van der Waals surface area contributed by atoms with E-state index in [2.05, 4.69) is 19.9 Å². The largest absolute Gasteiger partial charge is 0.507 e. The van der Waals surface area contributed by atoms with Crippen LogP contribution in [0.5, 0.6) is 5.75 Å². The van der Waals surface area contributed by atoms with Crippen molar-refractivity contribution in [2.45, 2.75) is 119 Å². The van der Waals surface area contributed by atoms with Crippen molar-refractivity contribution in [1.29, 1.82) is 0 Å². The first-order valence-electron chi connectivity index (χ1n) is 28.3. The molecule has 0 fully saturated rings. The number of aromatic nitrogens is 3. The van der Waals surface area contributed by atoms with Gasteiger partial charge in [-0.2, -0.15) is 0 Å². The van der Waals surface area contributed by atoms with Crippen LogP contribution < -0.4 is 0 Å². The normalized spacial score (nSPS) is 15.7. The number of aromatic hydroxyl groups is 1. The van der Waals surface area contributed by atoms with E-state index in [1.165, 1.54) is 6.20 Å². The van der Waals surface area contributed by atoms with Gasteiger partial charge < -0.3 is 5.11 Å². The first-order chi connectivity index (χ1) is 35.4. The van der Waals surface area contributed by atoms with Crippen molar-refractivity contribution >= 4 is 11.0 Å². The zero-order valence-corrected chi connectivity index (χ0v) is 41.2. The summed E-state index contributed by atoms with van der Waals surface area (Å²) in [6, 6.07) is 28.3. The van der Waals surface area contributed by atoms with Gasteiger partial charge in [-0.15, -0.1) is 29.3 Å². The van der Waals surface area contributed by atoms with Crippen LogP contribution in [0.2, 0.25) is 0 Å². The summed E-state index contributed by atoms with van der Waals surface area (Å²) >= 11 is 0. The molecule has 0 unspecified atom stereocenters. The number of phenolic OH excluding ortho intramolecular Hbond substituents is 1. The van der Waals surface area contributed by atoms with Gasteiger partial charge in [0.05, 0.1) is 27.8 Å². The molecule has 8 aromatic rings. The maximum absolute atomic E-state index is 12.4. The van der Waals surface area contributed by atoms with E-state index in [9.17, 15) is 6.48 Å². The molecule has 0 radical (unpaired) electrons. The third-order valence-electron chi connectivity index (χ3n) is 11.9. The van der Waals surface area contributed by atoms with Gasteiger partial charge in [0, 0.05) is 45.3 Å². The molecule has 2 aromatic heterocycles. The van der Waals surface area contributed by atoms with Gasteiger partial charge in [0.1, 0.15) is 11.6 Å². The standard InChI is InChI=1S/C60H64N3O.Pt/c1-35(2)44-32-51(38(7)8)58(64)52(33-44)59-62-57-50(45-29-46(31-47(30-45)60(11,12)13)53-34-42(26-27-61-53)41-22-20-39(9)21-23-41)18-15-19-55(57)63(59)54-25-24-43(28-40(54)10)56-48(36(3)4)16-14-17-49(56)37(5)6;/h14-28,30-38,64H,1-13H3;/q-1;/i9D3,10D3,20D,21D,22D,23D,35D,36D,38D;. The molecule has 0 amide bonds. The third kappa shape index (κ3) is 9.30. The van der Waals surface area contributed by atoms with Crippen LogP contribution in [0.25, 0.3) is 72.7 Å². The number of hydrogen-bond donors (Lipinski definition) is 1. The van der Waals surface area contributed by atoms with Crippen LogP contribution in [0.1, 0.15) is 157 Å². The molecule has 0 aliphatic heterocycles. The second-order valence-electron chi connectivity index (χ2n) is 18.6. The molecule has 8 rings (SSSR count). The molecule has 4 nitrogen and oxygen atoms in total. The Bertz CT molecular complexity index is 3620. The number of fused-ring (bicyclic) bond motifs is 1. The van der Waals surface area contributed by atoms with Gasteiger partial charge in [-0.25, -0.2) is 4.98 Å². The SMILES string of the molecule is [2H]c1c([2H])c(C([2H])([2H])[2H])c([2H])c([2H])c1-c1ccnc(-c2[c-]c(-c3cccc4c3nc(-c3cc(C([2H])(C)C)cc(C([2H])(C)C)c3O)n4-c3ccc(-c4c(C(C)C)cccc4C([2H])(C)C)cc3C([2H])([2H])[2H])cc(C(C)(C)C)c2)c1.[Pt]. The summed E-state index contributed by atoms with van der Waals surface area (Å²) in [5.74, 6) is -3.64. The molecule has 0 aliphatic carbocycles. The fourth-order valence-corrected chi connectivity index (χ4v) is 8.37. The Morgan fingerprint density at radius 2 is 1.40 bits per heavy atom. The van der Waals surface area contributed by atoms with Crippen molar-refractivity contribution in [3.8, 4) is 67.5 Å². The minimum atomic E-state index is -2.88. The number of benzene rings is 6. The van der Waals surface area contributed by atoms with Crippen molar-refractivity contribution in [3.05, 3.63) is 166 Å². The van der Waals surface area contributed by atoms with Gasteiger partial charge in [-0.3, -0.25) is 9.55 Å². The first kappa shape index (κ1) is 33.0. The van der Waals surface area contributed by atoms with E-state index in [1.807, 2.05) is 89.2 Å². The molecule has 0 saturated carbocycles. The summed E-state index contributed by atoms with van der Waals surface area (Å²) < 4.78 is 115. The Labute approximate surface area is 420 Å². The van der Waals surface area contributed by atoms with Crippen molar-refractivity contribution in [3.63, 3.8) is 0 Å². The molecule has 65 heavy (non-hydrogen) atoms. The van der Waals surface area contributed by atoms with Crippen LogP contribution in [0.15, 0.2) is 121 Å². The second-order valence-corrected chi connectivity index (χ2v) is 18.6. The van der Waals surface area contributed by atoms with Crippen LogP contribution in [0, 0.1) is 19.8 Å². The fourth-order valence-electron chi connectivity index (χ4n) is 8.37. The van der Waals surface area contributed by atoms with Crippen LogP contribution in [0.4, 0.5) is 0 Å². The molecule has 336 valence electrons. The summed E-state index contributed by atoms with van der Waals surface area (Å²) in [5, 5.41) is 12.4. The summed E-state index contributed by atoms with van der Waals surface area (Å²) in [7, 11) is 0. The molecule has 0 spiro atoms. The van der Waals surface area contributed by atoms with E-state index in [0.29, 0.717) is 44.5 Å². The topological polar surface area (TPSA) is 50.9 Å². The Kier molecular flexibility index (Phi) is 9.50. The molecule has 0 atom stereocenters. The number of phenols is 1. The van der Waals surface area contributed by atoms with E-state index < -0.39 is 66.5 Å². The Morgan fingerprint density at radius 3 is 2.06 bits per heavy atom. The zero-order chi connectivity index (χ0) is 57.0. The van der Waals surface area contributed by atoms with Crippen LogP contribution in [-0.2, 0) is 26.5 Å². The maximum atomic E-state index is 12.4. The average Bonchev–Trinajstić information content (AvgIpc) is 3.96. The van der Waals surface area contributed by atoms with Gasteiger partial charge in [-0.05, 0) is 123 Å². The van der Waals surface area contributed by atoms with Gasteiger partial charge in [-0.1, -0.05) is 166 Å². The minimum Gasteiger partial charge on any atom is -0.507 e. The van der Waals surface area contributed by atoms with E-state index >= 15 is 0 Å². The second kappa shape index (κ2) is 18.7. The molecular weight excluding hydrogens is 974 g/mol. The molecule has 5 heteroatoms. The van der Waals surface area contributed by atoms with Crippen molar-refractivity contribution < 1.29 is 44.0 Å². The molecular formula is C60H64N3OPt-. The molecule has 0 bridgehead atoms. The van der Waals surface area contributed by atoms with E-state index in [-0.39, 0.29) is 72.1 Å². The number of imidazole rings is 1. The van der Waals surface area contributed by atoms with Crippen molar-refractivity contribution in [2.75, 3.05) is 0 Å². The average molecular weight is 1050 g/mol.